The Morgan fingerprint density at radius 2 is 1.86 bits per heavy atom. The summed E-state index contributed by atoms with van der Waals surface area (Å²) < 4.78 is 40.4. The van der Waals surface area contributed by atoms with Gasteiger partial charge in [-0.3, -0.25) is 4.79 Å². The van der Waals surface area contributed by atoms with Crippen molar-refractivity contribution in [2.75, 3.05) is 32.6 Å². The molecule has 2 unspecified atom stereocenters. The van der Waals surface area contributed by atoms with Gasteiger partial charge in [-0.05, 0) is 62.2 Å². The molecule has 0 saturated carbocycles. The second kappa shape index (κ2) is 10.8. The normalized spacial score (nSPS) is 19.7. The lowest BCUT2D eigenvalue weighted by Crippen LogP contribution is -2.42. The number of methoxy groups -OCH3 is 2. The Kier molecular flexibility index (Phi) is 7.27. The van der Waals surface area contributed by atoms with E-state index < -0.39 is 12.5 Å². The van der Waals surface area contributed by atoms with Crippen LogP contribution in [0.4, 0.5) is 14.6 Å². The lowest BCUT2D eigenvalue weighted by molar-refractivity contribution is 0.0659. The second-order valence-corrected chi connectivity index (χ2v) is 9.39. The lowest BCUT2D eigenvalue weighted by atomic mass is 9.97. The van der Waals surface area contributed by atoms with Gasteiger partial charge in [-0.25, -0.2) is 13.5 Å². The average Bonchev–Trinajstić information content (AvgIpc) is 3.37. The SMILES string of the molecule is COc1ccc(C2CC(C(F)F)n3nc(-c4cccc(C(=O)NC5CCNCC5)c4)cc3N2)cc1OC. The minimum atomic E-state index is -2.60. The molecule has 5 rings (SSSR count). The summed E-state index contributed by atoms with van der Waals surface area (Å²) in [5, 5.41) is 14.2. The number of rotatable bonds is 7. The lowest BCUT2D eigenvalue weighted by Gasteiger charge is -2.32. The number of hydrogen-bond acceptors (Lipinski definition) is 6. The van der Waals surface area contributed by atoms with Gasteiger partial charge < -0.3 is 25.4 Å². The zero-order valence-electron chi connectivity index (χ0n) is 20.8. The maximum absolute atomic E-state index is 14.2. The van der Waals surface area contributed by atoms with Gasteiger partial charge >= 0.3 is 0 Å². The predicted octanol–water partition coefficient (Wildman–Crippen LogP) is 4.41. The third-order valence-corrected chi connectivity index (χ3v) is 7.04. The Balaban J connectivity index is 1.40. The summed E-state index contributed by atoms with van der Waals surface area (Å²) in [6, 6.07) is 13.0. The van der Waals surface area contributed by atoms with Crippen LogP contribution in [0.15, 0.2) is 48.5 Å². The van der Waals surface area contributed by atoms with Crippen LogP contribution >= 0.6 is 0 Å². The first-order valence-electron chi connectivity index (χ1n) is 12.4. The fourth-order valence-corrected chi connectivity index (χ4v) is 5.03. The molecule has 2 atom stereocenters. The number of halogens is 2. The van der Waals surface area contributed by atoms with Crippen LogP contribution in [0, 0.1) is 0 Å². The van der Waals surface area contributed by atoms with E-state index in [1.54, 1.807) is 50.6 Å². The van der Waals surface area contributed by atoms with Crippen LogP contribution in [0.5, 0.6) is 11.5 Å². The number of ether oxygens (including phenoxy) is 2. The van der Waals surface area contributed by atoms with Crippen molar-refractivity contribution in [3.05, 3.63) is 59.7 Å². The Morgan fingerprint density at radius 3 is 2.59 bits per heavy atom. The van der Waals surface area contributed by atoms with Crippen molar-refractivity contribution in [2.24, 2.45) is 0 Å². The Hall–Kier alpha value is -3.66. The van der Waals surface area contributed by atoms with E-state index in [4.69, 9.17) is 9.47 Å². The molecular weight excluding hydrogens is 480 g/mol. The van der Waals surface area contributed by atoms with Crippen molar-refractivity contribution in [3.8, 4) is 22.8 Å². The van der Waals surface area contributed by atoms with Crippen molar-refractivity contribution in [1.29, 1.82) is 0 Å². The van der Waals surface area contributed by atoms with Gasteiger partial charge in [0.1, 0.15) is 11.9 Å². The highest BCUT2D eigenvalue weighted by molar-refractivity contribution is 5.95. The number of nitrogens with one attached hydrogen (secondary N) is 3. The molecule has 0 bridgehead atoms. The topological polar surface area (TPSA) is 89.4 Å². The maximum Gasteiger partial charge on any atom is 0.260 e. The minimum Gasteiger partial charge on any atom is -0.493 e. The summed E-state index contributed by atoms with van der Waals surface area (Å²) in [7, 11) is 3.09. The highest BCUT2D eigenvalue weighted by Crippen LogP contribution is 2.41. The molecule has 3 N–H and O–H groups in total. The molecule has 0 spiro atoms. The number of nitrogens with zero attached hydrogens (tertiary/aromatic N) is 2. The van der Waals surface area contributed by atoms with Crippen LogP contribution in [0.2, 0.25) is 0 Å². The summed E-state index contributed by atoms with van der Waals surface area (Å²) in [6.07, 6.45) is -0.666. The number of alkyl halides is 2. The molecule has 2 aliphatic rings. The third-order valence-electron chi connectivity index (χ3n) is 7.04. The van der Waals surface area contributed by atoms with Gasteiger partial charge in [0.2, 0.25) is 0 Å². The molecule has 3 heterocycles. The van der Waals surface area contributed by atoms with Crippen molar-refractivity contribution >= 4 is 11.7 Å². The van der Waals surface area contributed by atoms with Gasteiger partial charge in [-0.15, -0.1) is 0 Å². The molecule has 0 radical (unpaired) electrons. The summed E-state index contributed by atoms with van der Waals surface area (Å²) >= 11 is 0. The number of amides is 1. The highest BCUT2D eigenvalue weighted by atomic mass is 19.3. The van der Waals surface area contributed by atoms with E-state index in [0.717, 1.165) is 31.5 Å². The Bertz CT molecular complexity index is 1260. The van der Waals surface area contributed by atoms with Gasteiger partial charge in [0, 0.05) is 23.2 Å². The van der Waals surface area contributed by atoms with Crippen LogP contribution in [0.3, 0.4) is 0 Å². The number of carbonyl (C=O) groups is 1. The fourth-order valence-electron chi connectivity index (χ4n) is 5.03. The zero-order chi connectivity index (χ0) is 25.9. The summed E-state index contributed by atoms with van der Waals surface area (Å²) in [5.41, 5.74) is 2.55. The van der Waals surface area contributed by atoms with Crippen LogP contribution in [0.25, 0.3) is 11.3 Å². The first kappa shape index (κ1) is 25.0. The van der Waals surface area contributed by atoms with Gasteiger partial charge in [0.05, 0.1) is 26.0 Å². The van der Waals surface area contributed by atoms with Crippen LogP contribution < -0.4 is 25.4 Å². The first-order chi connectivity index (χ1) is 18.0. The molecule has 37 heavy (non-hydrogen) atoms. The second-order valence-electron chi connectivity index (χ2n) is 9.39. The predicted molar refractivity (Wildman–Crippen MR) is 137 cm³/mol. The summed E-state index contributed by atoms with van der Waals surface area (Å²) in [4.78, 5) is 12.8. The minimum absolute atomic E-state index is 0.141. The molecule has 10 heteroatoms. The average molecular weight is 512 g/mol. The molecule has 1 saturated heterocycles. The first-order valence-corrected chi connectivity index (χ1v) is 12.4. The summed E-state index contributed by atoms with van der Waals surface area (Å²) in [5.74, 6) is 1.46. The molecule has 1 aromatic heterocycles. The molecule has 2 aliphatic heterocycles. The van der Waals surface area contributed by atoms with E-state index >= 15 is 0 Å². The number of aromatic nitrogens is 2. The van der Waals surface area contributed by atoms with Crippen molar-refractivity contribution in [2.45, 2.75) is 43.8 Å². The number of carbonyl (C=O) groups excluding carboxylic acids is 1. The monoisotopic (exact) mass is 511 g/mol. The molecule has 1 amide bonds. The molecule has 3 aromatic rings. The van der Waals surface area contributed by atoms with E-state index in [0.29, 0.717) is 34.1 Å². The van der Waals surface area contributed by atoms with E-state index in [-0.39, 0.29) is 24.4 Å². The smallest absolute Gasteiger partial charge is 0.260 e. The van der Waals surface area contributed by atoms with Gasteiger partial charge in [-0.2, -0.15) is 5.10 Å². The number of piperidine rings is 1. The molecule has 0 aliphatic carbocycles. The van der Waals surface area contributed by atoms with Crippen molar-refractivity contribution < 1.29 is 23.0 Å². The molecule has 1 fully saturated rings. The van der Waals surface area contributed by atoms with Gasteiger partial charge in [-0.1, -0.05) is 18.2 Å². The number of hydrogen-bond donors (Lipinski definition) is 3. The quantitative estimate of drug-likeness (QED) is 0.436. The largest absolute Gasteiger partial charge is 0.493 e. The van der Waals surface area contributed by atoms with Crippen molar-refractivity contribution in [3.63, 3.8) is 0 Å². The van der Waals surface area contributed by atoms with E-state index in [1.807, 2.05) is 12.1 Å². The number of anilines is 1. The summed E-state index contributed by atoms with van der Waals surface area (Å²) in [6.45, 7) is 1.77. The van der Waals surface area contributed by atoms with Crippen LogP contribution in [-0.4, -0.2) is 55.5 Å². The Morgan fingerprint density at radius 1 is 1.08 bits per heavy atom. The number of benzene rings is 2. The highest BCUT2D eigenvalue weighted by Gasteiger charge is 2.35. The standard InChI is InChI=1S/C27H31F2N5O3/c1-36-23-7-6-17(13-24(23)37-2)20-14-22(26(28)29)34-25(32-20)15-21(33-34)16-4-3-5-18(12-16)27(35)31-19-8-10-30-11-9-19/h3-7,12-13,15,19-20,22,26,30,32H,8-11,14H2,1-2H3,(H,31,35). The van der Waals surface area contributed by atoms with Gasteiger partial charge in [0.15, 0.2) is 11.5 Å². The van der Waals surface area contributed by atoms with E-state index in [9.17, 15) is 13.6 Å². The molecule has 2 aromatic carbocycles. The van der Waals surface area contributed by atoms with Crippen LogP contribution in [0.1, 0.15) is 47.3 Å². The fraction of sp³-hybridized carbons (Fsp3) is 0.407. The Labute approximate surface area is 214 Å². The third kappa shape index (κ3) is 5.24. The van der Waals surface area contributed by atoms with E-state index in [2.05, 4.69) is 21.0 Å². The maximum atomic E-state index is 14.2. The number of fused-ring (bicyclic) bond motifs is 1. The molecular formula is C27H31F2N5O3. The van der Waals surface area contributed by atoms with Gasteiger partial charge in [0.25, 0.3) is 12.3 Å². The van der Waals surface area contributed by atoms with Crippen molar-refractivity contribution in [1.82, 2.24) is 20.4 Å². The molecule has 196 valence electrons. The zero-order valence-corrected chi connectivity index (χ0v) is 20.8. The molecule has 8 nitrogen and oxygen atoms in total. The van der Waals surface area contributed by atoms with Crippen LogP contribution in [-0.2, 0) is 0 Å². The van der Waals surface area contributed by atoms with E-state index in [1.165, 1.54) is 4.68 Å².